The van der Waals surface area contributed by atoms with Crippen molar-refractivity contribution in [3.8, 4) is 0 Å². The lowest BCUT2D eigenvalue weighted by atomic mass is 10.1. The van der Waals surface area contributed by atoms with Gasteiger partial charge in [-0.1, -0.05) is 18.7 Å². The van der Waals surface area contributed by atoms with Gasteiger partial charge >= 0.3 is 0 Å². The molecule has 0 bridgehead atoms. The Morgan fingerprint density at radius 1 is 1.43 bits per heavy atom. The van der Waals surface area contributed by atoms with E-state index in [1.807, 2.05) is 0 Å². The van der Waals surface area contributed by atoms with E-state index in [4.69, 9.17) is 0 Å². The molecule has 1 N–H and O–H groups in total. The van der Waals surface area contributed by atoms with E-state index in [9.17, 15) is 18.8 Å². The Labute approximate surface area is 133 Å². The highest BCUT2D eigenvalue weighted by Gasteiger charge is 2.30. The van der Waals surface area contributed by atoms with E-state index in [1.165, 1.54) is 11.9 Å². The summed E-state index contributed by atoms with van der Waals surface area (Å²) < 4.78 is 12.9. The fourth-order valence-electron chi connectivity index (χ4n) is 2.53. The lowest BCUT2D eigenvalue weighted by Gasteiger charge is -2.29. The molecule has 3 amide bonds. The zero-order chi connectivity index (χ0) is 17.1. The summed E-state index contributed by atoms with van der Waals surface area (Å²) in [7, 11) is 1.32. The van der Waals surface area contributed by atoms with Gasteiger partial charge in [0.2, 0.25) is 11.8 Å². The lowest BCUT2D eigenvalue weighted by molar-refractivity contribution is -0.132. The second-order valence-electron chi connectivity index (χ2n) is 5.45. The first-order valence-corrected chi connectivity index (χ1v) is 7.12. The molecule has 0 saturated carbocycles. The highest BCUT2D eigenvalue weighted by Crippen LogP contribution is 2.31. The highest BCUT2D eigenvalue weighted by atomic mass is 19.1. The molecule has 6 nitrogen and oxygen atoms in total. The number of carbonyl (C=O) groups excluding carboxylic acids is 3. The first-order chi connectivity index (χ1) is 10.8. The van der Waals surface area contributed by atoms with E-state index >= 15 is 0 Å². The molecule has 7 heteroatoms. The average Bonchev–Trinajstić information content (AvgIpc) is 2.60. The van der Waals surface area contributed by atoms with Crippen molar-refractivity contribution in [1.29, 1.82) is 0 Å². The summed E-state index contributed by atoms with van der Waals surface area (Å²) in [6, 6.07) is 6.53. The number of nitrogens with zero attached hydrogens (tertiary/aromatic N) is 2. The van der Waals surface area contributed by atoms with Crippen LogP contribution < -0.4 is 10.2 Å². The molecule has 23 heavy (non-hydrogen) atoms. The summed E-state index contributed by atoms with van der Waals surface area (Å²) in [5.74, 6) is -2.66. The Morgan fingerprint density at radius 2 is 2.09 bits per heavy atom. The third-order valence-corrected chi connectivity index (χ3v) is 3.58. The SMILES string of the molecule is C=C(F)C(=O)N(C)CC(=O)N1c2ccccc2NC(=O)CC1C. The van der Waals surface area contributed by atoms with E-state index in [1.54, 1.807) is 31.2 Å². The van der Waals surface area contributed by atoms with Gasteiger partial charge in [-0.05, 0) is 19.1 Å². The van der Waals surface area contributed by atoms with E-state index in [0.29, 0.717) is 11.4 Å². The minimum atomic E-state index is -1.12. The molecule has 1 heterocycles. The minimum Gasteiger partial charge on any atom is -0.330 e. The molecule has 0 aliphatic carbocycles. The van der Waals surface area contributed by atoms with Gasteiger partial charge in [-0.15, -0.1) is 0 Å². The molecule has 1 aliphatic rings. The molecule has 0 aromatic heterocycles. The highest BCUT2D eigenvalue weighted by molar-refractivity contribution is 6.06. The zero-order valence-electron chi connectivity index (χ0n) is 13.0. The average molecular weight is 319 g/mol. The van der Waals surface area contributed by atoms with Crippen molar-refractivity contribution in [2.75, 3.05) is 23.8 Å². The maximum atomic E-state index is 12.9. The predicted molar refractivity (Wildman–Crippen MR) is 84.5 cm³/mol. The smallest absolute Gasteiger partial charge is 0.282 e. The Bertz CT molecular complexity index is 674. The lowest BCUT2D eigenvalue weighted by Crippen LogP contribution is -2.45. The number of hydrogen-bond donors (Lipinski definition) is 1. The van der Waals surface area contributed by atoms with Crippen molar-refractivity contribution in [2.45, 2.75) is 19.4 Å². The number of hydrogen-bond acceptors (Lipinski definition) is 3. The summed E-state index contributed by atoms with van der Waals surface area (Å²) in [6.07, 6.45) is 0.133. The normalized spacial score (nSPS) is 16.9. The number of nitrogens with one attached hydrogen (secondary N) is 1. The molecule has 1 unspecified atom stereocenters. The molecule has 1 aliphatic heterocycles. The second kappa shape index (κ2) is 6.60. The number of amides is 3. The molecule has 2 rings (SSSR count). The van der Waals surface area contributed by atoms with Gasteiger partial charge < -0.3 is 15.1 Å². The first-order valence-electron chi connectivity index (χ1n) is 7.12. The Kier molecular flexibility index (Phi) is 4.78. The molecule has 0 spiro atoms. The number of fused-ring (bicyclic) bond motifs is 1. The molecule has 1 aromatic rings. The fraction of sp³-hybridized carbons (Fsp3) is 0.312. The van der Waals surface area contributed by atoms with Gasteiger partial charge in [-0.2, -0.15) is 0 Å². The zero-order valence-corrected chi connectivity index (χ0v) is 13.0. The topological polar surface area (TPSA) is 69.7 Å². The number of para-hydroxylation sites is 2. The summed E-state index contributed by atoms with van der Waals surface area (Å²) in [5.41, 5.74) is 1.08. The van der Waals surface area contributed by atoms with Gasteiger partial charge in [0, 0.05) is 19.5 Å². The Morgan fingerprint density at radius 3 is 2.74 bits per heavy atom. The Balaban J connectivity index is 2.29. The van der Waals surface area contributed by atoms with Crippen LogP contribution >= 0.6 is 0 Å². The standard InChI is InChI=1S/C16H18FN3O3/c1-10-8-14(21)18-12-6-4-5-7-13(12)20(10)15(22)9-19(3)16(23)11(2)17/h4-7,10H,2,8-9H2,1,3H3,(H,18,21). The van der Waals surface area contributed by atoms with E-state index in [2.05, 4.69) is 11.9 Å². The molecule has 1 atom stereocenters. The van der Waals surface area contributed by atoms with Crippen LogP contribution in [0.15, 0.2) is 36.7 Å². The van der Waals surface area contributed by atoms with Crippen LogP contribution in [0.25, 0.3) is 0 Å². The fourth-order valence-corrected chi connectivity index (χ4v) is 2.53. The molecular formula is C16H18FN3O3. The van der Waals surface area contributed by atoms with Crippen LogP contribution in [0.3, 0.4) is 0 Å². The van der Waals surface area contributed by atoms with Crippen molar-refractivity contribution in [3.05, 3.63) is 36.7 Å². The van der Waals surface area contributed by atoms with Gasteiger partial charge in [0.15, 0.2) is 5.83 Å². The van der Waals surface area contributed by atoms with Crippen LogP contribution in [0.2, 0.25) is 0 Å². The predicted octanol–water partition coefficient (Wildman–Crippen LogP) is 1.69. The molecule has 1 aromatic carbocycles. The number of benzene rings is 1. The third-order valence-electron chi connectivity index (χ3n) is 3.58. The van der Waals surface area contributed by atoms with Crippen LogP contribution in [0.5, 0.6) is 0 Å². The molecule has 0 saturated heterocycles. The van der Waals surface area contributed by atoms with Crippen molar-refractivity contribution in [2.24, 2.45) is 0 Å². The van der Waals surface area contributed by atoms with Crippen LogP contribution in [0.4, 0.5) is 15.8 Å². The number of rotatable bonds is 3. The van der Waals surface area contributed by atoms with Crippen molar-refractivity contribution < 1.29 is 18.8 Å². The summed E-state index contributed by atoms with van der Waals surface area (Å²) >= 11 is 0. The van der Waals surface area contributed by atoms with Gasteiger partial charge in [-0.25, -0.2) is 4.39 Å². The maximum absolute atomic E-state index is 12.9. The molecule has 0 radical (unpaired) electrons. The quantitative estimate of drug-likeness (QED) is 0.862. The van der Waals surface area contributed by atoms with E-state index in [0.717, 1.165) is 4.90 Å². The molecule has 122 valence electrons. The van der Waals surface area contributed by atoms with Crippen LogP contribution in [-0.4, -0.2) is 42.3 Å². The van der Waals surface area contributed by atoms with Gasteiger partial charge in [0.25, 0.3) is 5.91 Å². The number of anilines is 2. The van der Waals surface area contributed by atoms with Crippen molar-refractivity contribution in [1.82, 2.24) is 4.90 Å². The third kappa shape index (κ3) is 3.56. The summed E-state index contributed by atoms with van der Waals surface area (Å²) in [6.45, 7) is 4.37. The summed E-state index contributed by atoms with van der Waals surface area (Å²) in [4.78, 5) is 38.4. The summed E-state index contributed by atoms with van der Waals surface area (Å²) in [5, 5.41) is 2.74. The minimum absolute atomic E-state index is 0.133. The van der Waals surface area contributed by atoms with E-state index in [-0.39, 0.29) is 24.9 Å². The maximum Gasteiger partial charge on any atom is 0.282 e. The number of likely N-dealkylation sites (N-methyl/N-ethyl adjacent to an activating group) is 1. The van der Waals surface area contributed by atoms with Gasteiger partial charge in [0.1, 0.15) is 6.54 Å². The van der Waals surface area contributed by atoms with Gasteiger partial charge in [-0.3, -0.25) is 14.4 Å². The number of carbonyl (C=O) groups is 3. The first kappa shape index (κ1) is 16.7. The Hall–Kier alpha value is -2.70. The molecule has 0 fully saturated rings. The van der Waals surface area contributed by atoms with Crippen molar-refractivity contribution >= 4 is 29.1 Å². The van der Waals surface area contributed by atoms with Crippen LogP contribution in [0.1, 0.15) is 13.3 Å². The van der Waals surface area contributed by atoms with E-state index < -0.39 is 17.6 Å². The van der Waals surface area contributed by atoms with Crippen molar-refractivity contribution in [3.63, 3.8) is 0 Å². The molecular weight excluding hydrogens is 301 g/mol. The van der Waals surface area contributed by atoms with Gasteiger partial charge in [0.05, 0.1) is 11.4 Å². The second-order valence-corrected chi connectivity index (χ2v) is 5.45. The monoisotopic (exact) mass is 319 g/mol. The number of halogens is 1. The van der Waals surface area contributed by atoms with Crippen LogP contribution in [0, 0.1) is 0 Å². The largest absolute Gasteiger partial charge is 0.330 e. The van der Waals surface area contributed by atoms with Crippen LogP contribution in [-0.2, 0) is 14.4 Å².